The van der Waals surface area contributed by atoms with Gasteiger partial charge in [0.2, 0.25) is 0 Å². The van der Waals surface area contributed by atoms with E-state index in [1.807, 2.05) is 13.8 Å². The summed E-state index contributed by atoms with van der Waals surface area (Å²) in [6, 6.07) is 13.4. The third-order valence-corrected chi connectivity index (χ3v) is 9.30. The van der Waals surface area contributed by atoms with E-state index in [2.05, 4.69) is 23.5 Å². The molecule has 1 spiro atoms. The number of sulfonamides is 1. The lowest BCUT2D eigenvalue weighted by atomic mass is 9.66. The summed E-state index contributed by atoms with van der Waals surface area (Å²) >= 11 is 0. The summed E-state index contributed by atoms with van der Waals surface area (Å²) in [5.41, 5.74) is 6.92. The van der Waals surface area contributed by atoms with Gasteiger partial charge < -0.3 is 15.4 Å². The van der Waals surface area contributed by atoms with Crippen molar-refractivity contribution in [1.82, 2.24) is 9.71 Å². The third-order valence-electron chi connectivity index (χ3n) is 7.97. The number of pyridine rings is 1. The minimum absolute atomic E-state index is 0.111. The first-order chi connectivity index (χ1) is 19.3. The van der Waals surface area contributed by atoms with E-state index >= 15 is 0 Å². The van der Waals surface area contributed by atoms with Crippen LogP contribution in [0.25, 0.3) is 11.3 Å². The molecular formula is C31H37FN4O4S. The molecule has 3 aromatic rings. The summed E-state index contributed by atoms with van der Waals surface area (Å²) in [7, 11) is -4.19. The Kier molecular flexibility index (Phi) is 7.48. The highest BCUT2D eigenvalue weighted by Crippen LogP contribution is 2.55. The Hall–Kier alpha value is -3.66. The SMILES string of the molecule is CC(C)COc1cc(F)cc(-c2ccc(C(=O)NS(=O)(=O)c3cccc(N)c3)c(N3CC4(CCC4)CC3(C)C)n2)c1. The average molecular weight is 581 g/mol. The molecule has 0 radical (unpaired) electrons. The lowest BCUT2D eigenvalue weighted by molar-refractivity contribution is 0.0981. The normalized spacial score (nSPS) is 17.5. The number of amides is 1. The zero-order valence-electron chi connectivity index (χ0n) is 23.9. The fourth-order valence-corrected chi connectivity index (χ4v) is 6.98. The molecule has 10 heteroatoms. The number of rotatable bonds is 8. The number of benzene rings is 2. The Morgan fingerprint density at radius 3 is 2.54 bits per heavy atom. The second-order valence-electron chi connectivity index (χ2n) is 12.4. The van der Waals surface area contributed by atoms with Crippen LogP contribution in [0.5, 0.6) is 5.75 Å². The van der Waals surface area contributed by atoms with Gasteiger partial charge in [-0.05, 0) is 86.9 Å². The predicted octanol–water partition coefficient (Wildman–Crippen LogP) is 5.78. The number of ether oxygens (including phenoxy) is 1. The van der Waals surface area contributed by atoms with Gasteiger partial charge in [-0.25, -0.2) is 22.5 Å². The van der Waals surface area contributed by atoms with Gasteiger partial charge in [-0.3, -0.25) is 4.79 Å². The maximum absolute atomic E-state index is 14.6. The zero-order chi connectivity index (χ0) is 29.6. The van der Waals surface area contributed by atoms with Crippen molar-refractivity contribution in [1.29, 1.82) is 0 Å². The van der Waals surface area contributed by atoms with Crippen LogP contribution in [0.1, 0.15) is 63.7 Å². The predicted molar refractivity (Wildman–Crippen MR) is 158 cm³/mol. The number of hydrogen-bond acceptors (Lipinski definition) is 7. The van der Waals surface area contributed by atoms with E-state index in [4.69, 9.17) is 15.5 Å². The summed E-state index contributed by atoms with van der Waals surface area (Å²) in [5, 5.41) is 0. The van der Waals surface area contributed by atoms with Gasteiger partial charge in [0.05, 0.1) is 22.8 Å². The fraction of sp³-hybridized carbons (Fsp3) is 0.419. The highest BCUT2D eigenvalue weighted by molar-refractivity contribution is 7.90. The van der Waals surface area contributed by atoms with Crippen LogP contribution in [-0.4, -0.2) is 38.0 Å². The smallest absolute Gasteiger partial charge is 0.268 e. The highest BCUT2D eigenvalue weighted by atomic mass is 32.2. The number of hydrogen-bond donors (Lipinski definition) is 2. The number of aromatic nitrogens is 1. The number of anilines is 2. The lowest BCUT2D eigenvalue weighted by Crippen LogP contribution is -2.41. The standard InChI is InChI=1S/C31H37FN4O4S/c1-20(2)17-40-24-14-21(13-22(32)15-24)27-10-9-26(29(37)35-41(38,39)25-8-5-7-23(33)16-25)28(34-27)36-19-31(11-6-12-31)18-30(36,3)4/h5,7-10,13-16,20H,6,11-12,17-19,33H2,1-4H3,(H,35,37). The Balaban J connectivity index is 1.56. The Morgan fingerprint density at radius 2 is 1.90 bits per heavy atom. The first-order valence-corrected chi connectivity index (χ1v) is 15.4. The minimum Gasteiger partial charge on any atom is -0.493 e. The second-order valence-corrected chi connectivity index (χ2v) is 14.1. The van der Waals surface area contributed by atoms with E-state index in [0.717, 1.165) is 25.7 Å². The molecule has 8 nitrogen and oxygen atoms in total. The third kappa shape index (κ3) is 6.02. The summed E-state index contributed by atoms with van der Waals surface area (Å²) in [4.78, 5) is 20.5. The van der Waals surface area contributed by atoms with E-state index in [1.54, 1.807) is 24.3 Å². The van der Waals surface area contributed by atoms with Gasteiger partial charge in [-0.2, -0.15) is 0 Å². The molecule has 1 amide bonds. The number of nitrogens with two attached hydrogens (primary N) is 1. The van der Waals surface area contributed by atoms with E-state index in [-0.39, 0.29) is 33.0 Å². The monoisotopic (exact) mass is 580 g/mol. The zero-order valence-corrected chi connectivity index (χ0v) is 24.7. The van der Waals surface area contributed by atoms with Gasteiger partial charge >= 0.3 is 0 Å². The molecule has 1 saturated heterocycles. The van der Waals surface area contributed by atoms with E-state index in [1.165, 1.54) is 30.3 Å². The molecule has 3 N–H and O–H groups in total. The number of carbonyl (C=O) groups excluding carboxylic acids is 1. The van der Waals surface area contributed by atoms with Crippen molar-refractivity contribution in [2.45, 2.75) is 63.8 Å². The number of halogens is 1. The Bertz CT molecular complexity index is 1580. The molecule has 218 valence electrons. The summed E-state index contributed by atoms with van der Waals surface area (Å²) in [5.74, 6) is -0.238. The van der Waals surface area contributed by atoms with E-state index < -0.39 is 21.7 Å². The van der Waals surface area contributed by atoms with Crippen LogP contribution < -0.4 is 20.1 Å². The van der Waals surface area contributed by atoms with E-state index in [0.29, 0.717) is 36.0 Å². The van der Waals surface area contributed by atoms with Crippen LogP contribution in [0.4, 0.5) is 15.9 Å². The lowest BCUT2D eigenvalue weighted by Gasteiger charge is -2.38. The first kappa shape index (κ1) is 28.9. The number of carbonyl (C=O) groups is 1. The van der Waals surface area contributed by atoms with Gasteiger partial charge in [-0.15, -0.1) is 0 Å². The van der Waals surface area contributed by atoms with E-state index in [9.17, 15) is 17.6 Å². The maximum atomic E-state index is 14.6. The van der Waals surface area contributed by atoms with Gasteiger partial charge in [0.15, 0.2) is 0 Å². The summed E-state index contributed by atoms with van der Waals surface area (Å²) in [6.45, 7) is 9.38. The number of nitrogen functional groups attached to an aromatic ring is 1. The van der Waals surface area contributed by atoms with Crippen molar-refractivity contribution in [2.24, 2.45) is 11.3 Å². The molecule has 0 atom stereocenters. The maximum Gasteiger partial charge on any atom is 0.268 e. The van der Waals surface area contributed by atoms with Crippen LogP contribution in [0.2, 0.25) is 0 Å². The van der Waals surface area contributed by atoms with Crippen molar-refractivity contribution < 1.29 is 22.3 Å². The molecule has 0 unspecified atom stereocenters. The second kappa shape index (κ2) is 10.6. The molecule has 1 aromatic heterocycles. The summed E-state index contributed by atoms with van der Waals surface area (Å²) in [6.07, 6.45) is 4.28. The first-order valence-electron chi connectivity index (χ1n) is 13.9. The van der Waals surface area contributed by atoms with Crippen LogP contribution >= 0.6 is 0 Å². The van der Waals surface area contributed by atoms with Crippen LogP contribution in [0.3, 0.4) is 0 Å². The van der Waals surface area contributed by atoms with Crippen molar-refractivity contribution in [2.75, 3.05) is 23.8 Å². The van der Waals surface area contributed by atoms with Gasteiger partial charge in [0.25, 0.3) is 15.9 Å². The van der Waals surface area contributed by atoms with Crippen LogP contribution in [-0.2, 0) is 10.0 Å². The van der Waals surface area contributed by atoms with Crippen molar-refractivity contribution in [3.63, 3.8) is 0 Å². The average Bonchev–Trinajstić information content (AvgIpc) is 3.18. The molecule has 1 aliphatic carbocycles. The Morgan fingerprint density at radius 1 is 1.15 bits per heavy atom. The molecular weight excluding hydrogens is 543 g/mol. The molecule has 2 fully saturated rings. The molecule has 5 rings (SSSR count). The van der Waals surface area contributed by atoms with Crippen molar-refractivity contribution in [3.8, 4) is 17.0 Å². The van der Waals surface area contributed by atoms with Crippen LogP contribution in [0, 0.1) is 17.2 Å². The van der Waals surface area contributed by atoms with Crippen molar-refractivity contribution >= 4 is 27.4 Å². The number of nitrogens with zero attached hydrogens (tertiary/aromatic N) is 2. The Labute approximate surface area is 241 Å². The number of nitrogens with one attached hydrogen (secondary N) is 1. The molecule has 2 heterocycles. The highest BCUT2D eigenvalue weighted by Gasteiger charge is 2.52. The van der Waals surface area contributed by atoms with Gasteiger partial charge in [0, 0.05) is 29.4 Å². The summed E-state index contributed by atoms with van der Waals surface area (Å²) < 4.78 is 48.8. The fourth-order valence-electron chi connectivity index (χ4n) is 5.96. The van der Waals surface area contributed by atoms with Crippen molar-refractivity contribution in [3.05, 3.63) is 66.0 Å². The molecule has 41 heavy (non-hydrogen) atoms. The molecule has 1 saturated carbocycles. The molecule has 1 aliphatic heterocycles. The van der Waals surface area contributed by atoms with Gasteiger partial charge in [0.1, 0.15) is 17.4 Å². The minimum atomic E-state index is -4.19. The molecule has 2 aliphatic rings. The van der Waals surface area contributed by atoms with Crippen LogP contribution in [0.15, 0.2) is 59.5 Å². The quantitative estimate of drug-likeness (QED) is 0.325. The largest absolute Gasteiger partial charge is 0.493 e. The van der Waals surface area contributed by atoms with Gasteiger partial charge in [-0.1, -0.05) is 26.3 Å². The molecule has 2 aromatic carbocycles. The molecule has 0 bridgehead atoms. The topological polar surface area (TPSA) is 115 Å².